The summed E-state index contributed by atoms with van der Waals surface area (Å²) in [5, 5.41) is 4.56. The summed E-state index contributed by atoms with van der Waals surface area (Å²) in [5.74, 6) is 2.22. The summed E-state index contributed by atoms with van der Waals surface area (Å²) >= 11 is 5.84. The van der Waals surface area contributed by atoms with Gasteiger partial charge >= 0.3 is 0 Å². The van der Waals surface area contributed by atoms with Gasteiger partial charge in [-0.15, -0.1) is 0 Å². The molecule has 0 aliphatic carbocycles. The maximum absolute atomic E-state index is 11.8. The van der Waals surface area contributed by atoms with E-state index >= 15 is 0 Å². The van der Waals surface area contributed by atoms with Crippen LogP contribution in [0.1, 0.15) is 5.82 Å². The predicted octanol–water partition coefficient (Wildman–Crippen LogP) is 1.80. The van der Waals surface area contributed by atoms with Crippen molar-refractivity contribution in [2.24, 2.45) is 7.05 Å². The number of hydrogen-bond acceptors (Lipinski definition) is 4. The van der Waals surface area contributed by atoms with E-state index in [-0.39, 0.29) is 0 Å². The second-order valence-corrected chi connectivity index (χ2v) is 5.91. The molecule has 0 radical (unpaired) electrons. The first-order valence-corrected chi connectivity index (χ1v) is 7.58. The van der Waals surface area contributed by atoms with E-state index in [1.165, 1.54) is 6.33 Å². The van der Waals surface area contributed by atoms with Gasteiger partial charge in [0.05, 0.1) is 18.1 Å². The fourth-order valence-electron chi connectivity index (χ4n) is 1.48. The van der Waals surface area contributed by atoms with Crippen molar-refractivity contribution in [1.29, 1.82) is 0 Å². The number of nitrogens with zero attached hydrogens (tertiary/aromatic N) is 3. The summed E-state index contributed by atoms with van der Waals surface area (Å²) < 4.78 is 19.0. The predicted molar refractivity (Wildman–Crippen MR) is 74.7 cm³/mol. The van der Waals surface area contributed by atoms with Crippen LogP contribution in [0.3, 0.4) is 0 Å². The van der Waals surface area contributed by atoms with Gasteiger partial charge in [-0.2, -0.15) is 5.10 Å². The Balaban J connectivity index is 1.77. The molecule has 0 bridgehead atoms. The van der Waals surface area contributed by atoms with Gasteiger partial charge in [0.2, 0.25) is 0 Å². The fourth-order valence-corrected chi connectivity index (χ4v) is 2.62. The minimum absolute atomic E-state index is 0.380. The molecule has 0 amide bonds. The molecule has 5 nitrogen and oxygen atoms in total. The lowest BCUT2D eigenvalue weighted by Gasteiger charge is -2.06. The van der Waals surface area contributed by atoms with E-state index in [0.29, 0.717) is 34.7 Å². The van der Waals surface area contributed by atoms with Gasteiger partial charge in [0.25, 0.3) is 0 Å². The number of halogens is 1. The highest BCUT2D eigenvalue weighted by Gasteiger charge is 2.07. The fraction of sp³-hybridized carbons (Fsp3) is 0.333. The molecule has 1 aromatic carbocycles. The zero-order valence-electron chi connectivity index (χ0n) is 10.5. The molecule has 2 rings (SSSR count). The summed E-state index contributed by atoms with van der Waals surface area (Å²) in [6.45, 7) is 0.380. The SMILES string of the molecule is Cn1ncnc1CS(=O)CCOc1cccc(Cl)c1. The summed E-state index contributed by atoms with van der Waals surface area (Å²) in [5.41, 5.74) is 0. The number of aromatic nitrogens is 3. The van der Waals surface area contributed by atoms with Crippen LogP contribution in [0.25, 0.3) is 0 Å². The maximum Gasteiger partial charge on any atom is 0.139 e. The molecule has 19 heavy (non-hydrogen) atoms. The van der Waals surface area contributed by atoms with E-state index in [2.05, 4.69) is 10.1 Å². The average Bonchev–Trinajstić information content (AvgIpc) is 2.75. The van der Waals surface area contributed by atoms with E-state index in [9.17, 15) is 4.21 Å². The van der Waals surface area contributed by atoms with Gasteiger partial charge in [-0.3, -0.25) is 8.89 Å². The lowest BCUT2D eigenvalue weighted by Crippen LogP contribution is -2.12. The minimum atomic E-state index is -1.02. The summed E-state index contributed by atoms with van der Waals surface area (Å²) in [6.07, 6.45) is 1.45. The first-order chi connectivity index (χ1) is 9.15. The molecule has 0 saturated carbocycles. The second kappa shape index (κ2) is 6.68. The van der Waals surface area contributed by atoms with Gasteiger partial charge in [-0.05, 0) is 18.2 Å². The summed E-state index contributed by atoms with van der Waals surface area (Å²) in [7, 11) is 0.760. The van der Waals surface area contributed by atoms with Crippen molar-refractivity contribution in [3.8, 4) is 5.75 Å². The number of rotatable bonds is 6. The molecule has 0 fully saturated rings. The second-order valence-electron chi connectivity index (χ2n) is 3.89. The van der Waals surface area contributed by atoms with Crippen LogP contribution in [-0.4, -0.2) is 31.3 Å². The quantitative estimate of drug-likeness (QED) is 0.816. The van der Waals surface area contributed by atoms with Crippen LogP contribution in [0.4, 0.5) is 0 Å². The summed E-state index contributed by atoms with van der Waals surface area (Å²) in [4.78, 5) is 4.03. The number of benzene rings is 1. The van der Waals surface area contributed by atoms with Crippen LogP contribution in [0.15, 0.2) is 30.6 Å². The Hall–Kier alpha value is -1.40. The molecular weight excluding hydrogens is 286 g/mol. The van der Waals surface area contributed by atoms with Crippen molar-refractivity contribution in [3.05, 3.63) is 41.4 Å². The molecule has 1 aromatic heterocycles. The standard InChI is InChI=1S/C12H14ClN3O2S/c1-16-12(14-9-15-16)8-19(17)6-5-18-11-4-2-3-10(13)7-11/h2-4,7,9H,5-6,8H2,1H3. The van der Waals surface area contributed by atoms with Crippen LogP contribution >= 0.6 is 11.6 Å². The van der Waals surface area contributed by atoms with Gasteiger partial charge in [0.15, 0.2) is 0 Å². The lowest BCUT2D eigenvalue weighted by molar-refractivity contribution is 0.342. The molecule has 7 heteroatoms. The number of hydrogen-bond donors (Lipinski definition) is 0. The van der Waals surface area contributed by atoms with Crippen LogP contribution in [-0.2, 0) is 23.6 Å². The molecular formula is C12H14ClN3O2S. The zero-order valence-corrected chi connectivity index (χ0v) is 12.0. The molecule has 0 spiro atoms. The van der Waals surface area contributed by atoms with Gasteiger partial charge in [-0.1, -0.05) is 17.7 Å². The Morgan fingerprint density at radius 1 is 1.47 bits per heavy atom. The van der Waals surface area contributed by atoms with E-state index in [1.54, 1.807) is 23.9 Å². The monoisotopic (exact) mass is 299 g/mol. The van der Waals surface area contributed by atoms with Crippen molar-refractivity contribution in [2.45, 2.75) is 5.75 Å². The Morgan fingerprint density at radius 3 is 3.00 bits per heavy atom. The van der Waals surface area contributed by atoms with E-state index in [1.807, 2.05) is 12.1 Å². The largest absolute Gasteiger partial charge is 0.493 e. The van der Waals surface area contributed by atoms with Gasteiger partial charge < -0.3 is 4.74 Å². The molecule has 0 N–H and O–H groups in total. The minimum Gasteiger partial charge on any atom is -0.493 e. The average molecular weight is 300 g/mol. The normalized spacial score (nSPS) is 12.3. The maximum atomic E-state index is 11.8. The highest BCUT2D eigenvalue weighted by atomic mass is 35.5. The Morgan fingerprint density at radius 2 is 2.32 bits per heavy atom. The van der Waals surface area contributed by atoms with Gasteiger partial charge in [0, 0.05) is 22.9 Å². The molecule has 2 aromatic rings. The third kappa shape index (κ3) is 4.33. The zero-order chi connectivity index (χ0) is 13.7. The van der Waals surface area contributed by atoms with E-state index < -0.39 is 10.8 Å². The van der Waals surface area contributed by atoms with Crippen molar-refractivity contribution < 1.29 is 8.95 Å². The third-order valence-electron chi connectivity index (χ3n) is 2.47. The highest BCUT2D eigenvalue weighted by molar-refractivity contribution is 7.84. The molecule has 0 aliphatic heterocycles. The lowest BCUT2D eigenvalue weighted by atomic mass is 10.3. The van der Waals surface area contributed by atoms with Crippen LogP contribution < -0.4 is 4.74 Å². The highest BCUT2D eigenvalue weighted by Crippen LogP contribution is 2.16. The van der Waals surface area contributed by atoms with E-state index in [0.717, 1.165) is 0 Å². The Labute approximate surface area is 119 Å². The van der Waals surface area contributed by atoms with Crippen molar-refractivity contribution >= 4 is 22.4 Å². The van der Waals surface area contributed by atoms with Crippen molar-refractivity contribution in [3.63, 3.8) is 0 Å². The molecule has 0 saturated heterocycles. The van der Waals surface area contributed by atoms with E-state index in [4.69, 9.17) is 16.3 Å². The first kappa shape index (κ1) is 14.0. The topological polar surface area (TPSA) is 57.0 Å². The third-order valence-corrected chi connectivity index (χ3v) is 3.91. The van der Waals surface area contributed by atoms with Crippen molar-refractivity contribution in [2.75, 3.05) is 12.4 Å². The van der Waals surface area contributed by atoms with Crippen LogP contribution in [0, 0.1) is 0 Å². The Kier molecular flexibility index (Phi) is 4.93. The number of aryl methyl sites for hydroxylation is 1. The first-order valence-electron chi connectivity index (χ1n) is 5.71. The van der Waals surface area contributed by atoms with Crippen molar-refractivity contribution in [1.82, 2.24) is 14.8 Å². The molecule has 0 aliphatic rings. The van der Waals surface area contributed by atoms with Crippen LogP contribution in [0.5, 0.6) is 5.75 Å². The number of ether oxygens (including phenoxy) is 1. The molecule has 102 valence electrons. The van der Waals surface area contributed by atoms with Gasteiger partial charge in [-0.25, -0.2) is 4.98 Å². The molecule has 1 atom stereocenters. The Bertz CT molecular complexity index is 574. The molecule has 1 unspecified atom stereocenters. The summed E-state index contributed by atoms with van der Waals surface area (Å²) in [6, 6.07) is 7.14. The smallest absolute Gasteiger partial charge is 0.139 e. The molecule has 1 heterocycles. The van der Waals surface area contributed by atoms with Crippen LogP contribution in [0.2, 0.25) is 5.02 Å². The van der Waals surface area contributed by atoms with Gasteiger partial charge in [0.1, 0.15) is 17.9 Å².